The van der Waals surface area contributed by atoms with E-state index in [1.54, 1.807) is 35.5 Å². The summed E-state index contributed by atoms with van der Waals surface area (Å²) in [6, 6.07) is 13.5. The summed E-state index contributed by atoms with van der Waals surface area (Å²) in [7, 11) is 0. The molecule has 3 aromatic heterocycles. The van der Waals surface area contributed by atoms with Gasteiger partial charge in [-0.2, -0.15) is 0 Å². The van der Waals surface area contributed by atoms with Gasteiger partial charge in [-0.15, -0.1) is 0 Å². The number of carbonyl (C=O) groups excluding carboxylic acids is 3. The van der Waals surface area contributed by atoms with Gasteiger partial charge in [0.1, 0.15) is 11.7 Å². The van der Waals surface area contributed by atoms with Gasteiger partial charge in [0, 0.05) is 54.4 Å². The summed E-state index contributed by atoms with van der Waals surface area (Å²) in [6.45, 7) is 0.433. The molecule has 1 saturated carbocycles. The Morgan fingerprint density at radius 1 is 0.974 bits per heavy atom. The van der Waals surface area contributed by atoms with Gasteiger partial charge in [0.25, 0.3) is 5.91 Å². The van der Waals surface area contributed by atoms with E-state index < -0.39 is 6.04 Å². The van der Waals surface area contributed by atoms with Gasteiger partial charge in [-0.25, -0.2) is 4.98 Å². The number of hydrogen-bond donors (Lipinski definition) is 1. The van der Waals surface area contributed by atoms with E-state index in [1.807, 2.05) is 47.1 Å². The maximum atomic E-state index is 13.8. The van der Waals surface area contributed by atoms with Gasteiger partial charge in [-0.3, -0.25) is 19.4 Å². The number of fused-ring (bicyclic) bond motifs is 2. The number of aromatic nitrogens is 3. The summed E-state index contributed by atoms with van der Waals surface area (Å²) in [6.07, 6.45) is 10.5. The first-order valence-electron chi connectivity index (χ1n) is 13.2. The van der Waals surface area contributed by atoms with Gasteiger partial charge in [-0.05, 0) is 74.1 Å². The molecule has 4 aromatic rings. The normalized spacial score (nSPS) is 21.4. The lowest BCUT2D eigenvalue weighted by atomic mass is 9.78. The molecule has 198 valence electrons. The predicted octanol–water partition coefficient (Wildman–Crippen LogP) is 5.08. The quantitative estimate of drug-likeness (QED) is 0.343. The van der Waals surface area contributed by atoms with Crippen molar-refractivity contribution >= 4 is 40.5 Å². The molecule has 0 unspecified atom stereocenters. The molecule has 1 fully saturated rings. The maximum Gasteiger partial charge on any atom is 0.256 e. The number of imidazole rings is 1. The Kier molecular flexibility index (Phi) is 6.87. The molecular weight excluding hydrogens is 514 g/mol. The average Bonchev–Trinajstić information content (AvgIpc) is 3.41. The first kappa shape index (κ1) is 25.2. The molecule has 9 heteroatoms. The number of halogens is 1. The van der Waals surface area contributed by atoms with E-state index in [9.17, 15) is 14.4 Å². The molecule has 2 amide bonds. The minimum absolute atomic E-state index is 0.0838. The Morgan fingerprint density at radius 2 is 1.82 bits per heavy atom. The molecule has 39 heavy (non-hydrogen) atoms. The van der Waals surface area contributed by atoms with E-state index in [4.69, 9.17) is 11.6 Å². The molecule has 0 bridgehead atoms. The second-order valence-electron chi connectivity index (χ2n) is 10.3. The van der Waals surface area contributed by atoms with Crippen molar-refractivity contribution in [1.82, 2.24) is 19.3 Å². The Bertz CT molecular complexity index is 1540. The molecule has 0 spiro atoms. The Morgan fingerprint density at radius 3 is 2.62 bits per heavy atom. The molecule has 1 aliphatic heterocycles. The lowest BCUT2D eigenvalue weighted by Gasteiger charge is -2.35. The Hall–Kier alpha value is -4.04. The maximum absolute atomic E-state index is 13.8. The van der Waals surface area contributed by atoms with Crippen LogP contribution in [-0.4, -0.2) is 49.5 Å². The zero-order valence-electron chi connectivity index (χ0n) is 21.3. The van der Waals surface area contributed by atoms with E-state index in [0.29, 0.717) is 40.4 Å². The fourth-order valence-electron chi connectivity index (χ4n) is 5.84. The predicted molar refractivity (Wildman–Crippen MR) is 148 cm³/mol. The Labute approximate surface area is 231 Å². The molecule has 0 radical (unpaired) electrons. The van der Waals surface area contributed by atoms with Crippen LogP contribution < -0.4 is 5.32 Å². The van der Waals surface area contributed by atoms with E-state index in [-0.39, 0.29) is 29.4 Å². The molecule has 8 nitrogen and oxygen atoms in total. The lowest BCUT2D eigenvalue weighted by molar-refractivity contribution is -0.120. The number of rotatable bonds is 6. The summed E-state index contributed by atoms with van der Waals surface area (Å²) in [5.41, 5.74) is 2.92. The number of pyridine rings is 2. The number of hydrogen-bond acceptors (Lipinski definition) is 5. The van der Waals surface area contributed by atoms with Crippen molar-refractivity contribution in [2.24, 2.45) is 11.8 Å². The Balaban J connectivity index is 1.21. The highest BCUT2D eigenvalue weighted by Gasteiger charge is 2.38. The molecular formula is C30H28ClN5O3. The first-order chi connectivity index (χ1) is 19.0. The highest BCUT2D eigenvalue weighted by molar-refractivity contribution is 6.31. The molecule has 1 aliphatic carbocycles. The van der Waals surface area contributed by atoms with E-state index in [1.165, 1.54) is 0 Å². The highest BCUT2D eigenvalue weighted by atomic mass is 35.5. The van der Waals surface area contributed by atoms with E-state index in [0.717, 1.165) is 31.4 Å². The summed E-state index contributed by atoms with van der Waals surface area (Å²) in [5.74, 6) is -0.251. The molecule has 1 atom stereocenters. The van der Waals surface area contributed by atoms with Crippen molar-refractivity contribution in [3.63, 3.8) is 0 Å². The number of anilines is 1. The van der Waals surface area contributed by atoms with Crippen molar-refractivity contribution in [1.29, 1.82) is 0 Å². The van der Waals surface area contributed by atoms with Gasteiger partial charge >= 0.3 is 0 Å². The fraction of sp³-hybridized carbons (Fsp3) is 0.300. The van der Waals surface area contributed by atoms with Gasteiger partial charge in [0.05, 0.1) is 16.8 Å². The zero-order valence-corrected chi connectivity index (χ0v) is 22.1. The van der Waals surface area contributed by atoms with Crippen molar-refractivity contribution in [2.45, 2.75) is 38.1 Å². The minimum Gasteiger partial charge on any atom is -0.326 e. The van der Waals surface area contributed by atoms with Crippen molar-refractivity contribution in [2.75, 3.05) is 11.9 Å². The minimum atomic E-state index is -0.712. The van der Waals surface area contributed by atoms with Gasteiger partial charge in [-0.1, -0.05) is 17.7 Å². The van der Waals surface area contributed by atoms with Crippen molar-refractivity contribution < 1.29 is 14.4 Å². The summed E-state index contributed by atoms with van der Waals surface area (Å²) < 4.78 is 1.86. The van der Waals surface area contributed by atoms with Crippen LogP contribution in [0.2, 0.25) is 5.02 Å². The topological polar surface area (TPSA) is 96.7 Å². The molecule has 0 saturated heterocycles. The number of ketones is 1. The number of carbonyl (C=O) groups is 3. The van der Waals surface area contributed by atoms with Crippen LogP contribution in [-0.2, 0) is 11.2 Å². The number of nitrogens with zero attached hydrogens (tertiary/aromatic N) is 4. The third-order valence-electron chi connectivity index (χ3n) is 7.90. The van der Waals surface area contributed by atoms with Crippen LogP contribution in [0.5, 0.6) is 0 Å². The van der Waals surface area contributed by atoms with Crippen LogP contribution in [0.4, 0.5) is 5.69 Å². The van der Waals surface area contributed by atoms with E-state index >= 15 is 0 Å². The van der Waals surface area contributed by atoms with Crippen LogP contribution in [0.15, 0.2) is 73.3 Å². The highest BCUT2D eigenvalue weighted by Crippen LogP contribution is 2.34. The number of benzene rings is 1. The summed E-state index contributed by atoms with van der Waals surface area (Å²) >= 11 is 6.17. The summed E-state index contributed by atoms with van der Waals surface area (Å²) in [4.78, 5) is 51.1. The van der Waals surface area contributed by atoms with E-state index in [2.05, 4.69) is 15.3 Å². The molecule has 1 N–H and O–H groups in total. The first-order valence-corrected chi connectivity index (χ1v) is 13.6. The second kappa shape index (κ2) is 10.6. The van der Waals surface area contributed by atoms with Crippen molar-refractivity contribution in [3.05, 3.63) is 95.2 Å². The molecule has 2 aliphatic rings. The molecule has 4 heterocycles. The van der Waals surface area contributed by atoms with Crippen LogP contribution >= 0.6 is 11.6 Å². The average molecular weight is 542 g/mol. The SMILES string of the molecule is O=C(c1cccn2ccnc12)C1CCC(CN2C(=O)c3ccc(Cl)cc3NC(=O)[C@H]2Cc2ccccn2)CC1. The zero-order chi connectivity index (χ0) is 26.9. The van der Waals surface area contributed by atoms with Crippen LogP contribution in [0, 0.1) is 11.8 Å². The van der Waals surface area contributed by atoms with Crippen LogP contribution in [0.25, 0.3) is 5.65 Å². The largest absolute Gasteiger partial charge is 0.326 e. The second-order valence-corrected chi connectivity index (χ2v) is 10.8. The number of Topliss-reactive ketones (excluding diaryl/α,β-unsaturated/α-hetero) is 1. The van der Waals surface area contributed by atoms with Gasteiger partial charge < -0.3 is 14.6 Å². The number of nitrogens with one attached hydrogen (secondary N) is 1. The smallest absolute Gasteiger partial charge is 0.256 e. The summed E-state index contributed by atoms with van der Waals surface area (Å²) in [5, 5.41) is 3.37. The third-order valence-corrected chi connectivity index (χ3v) is 8.13. The standard InChI is InChI=1S/C30H28ClN5O3/c31-21-10-11-23-25(16-21)34-29(38)26(17-22-4-1-2-12-32-22)36(30(23)39)18-19-6-8-20(9-7-19)27(37)24-5-3-14-35-15-13-33-28(24)35/h1-5,10-16,19-20,26H,6-9,17-18H2,(H,34,38)/t19?,20?,26-/m1/s1. The van der Waals surface area contributed by atoms with Gasteiger partial charge in [0.15, 0.2) is 5.78 Å². The monoisotopic (exact) mass is 541 g/mol. The number of amides is 2. The third kappa shape index (κ3) is 5.04. The van der Waals surface area contributed by atoms with Gasteiger partial charge in [0.2, 0.25) is 5.91 Å². The van der Waals surface area contributed by atoms with Crippen LogP contribution in [0.1, 0.15) is 52.1 Å². The fourth-order valence-corrected chi connectivity index (χ4v) is 6.01. The lowest BCUT2D eigenvalue weighted by Crippen LogP contribution is -2.49. The van der Waals surface area contributed by atoms with Crippen LogP contribution in [0.3, 0.4) is 0 Å². The van der Waals surface area contributed by atoms with Crippen molar-refractivity contribution in [3.8, 4) is 0 Å². The molecule has 1 aromatic carbocycles. The molecule has 6 rings (SSSR count).